The summed E-state index contributed by atoms with van der Waals surface area (Å²) in [6.07, 6.45) is -3.06. The molecule has 124 valence electrons. The molecule has 0 aromatic carbocycles. The van der Waals surface area contributed by atoms with Gasteiger partial charge in [0.15, 0.2) is 0 Å². The normalized spacial score (nSPS) is 16.1. The molecule has 1 aliphatic heterocycles. The van der Waals surface area contributed by atoms with Crippen molar-refractivity contribution in [3.05, 3.63) is 35.3 Å². The first-order valence-electron chi connectivity index (χ1n) is 7.37. The zero-order valence-corrected chi connectivity index (χ0v) is 12.6. The van der Waals surface area contributed by atoms with E-state index in [1.807, 2.05) is 6.92 Å². The molecule has 1 aliphatic rings. The number of ether oxygens (including phenoxy) is 1. The standard InChI is InChI=1S/C15H16F3N3O2/c1-2-11-13(14(22)20-5-7-23-8-6-20)21-9-10(15(16,17)18)3-4-12(21)19-11/h3-4,9H,2,5-8H2,1H3. The minimum Gasteiger partial charge on any atom is -0.378 e. The number of hydrogen-bond acceptors (Lipinski definition) is 3. The smallest absolute Gasteiger partial charge is 0.378 e. The number of fused-ring (bicyclic) bond motifs is 1. The number of alkyl halides is 3. The van der Waals surface area contributed by atoms with E-state index in [4.69, 9.17) is 4.74 Å². The largest absolute Gasteiger partial charge is 0.417 e. The Bertz CT molecular complexity index is 733. The van der Waals surface area contributed by atoms with Gasteiger partial charge in [0, 0.05) is 19.3 Å². The van der Waals surface area contributed by atoms with E-state index in [9.17, 15) is 18.0 Å². The van der Waals surface area contributed by atoms with E-state index >= 15 is 0 Å². The van der Waals surface area contributed by atoms with E-state index in [1.54, 1.807) is 4.90 Å². The summed E-state index contributed by atoms with van der Waals surface area (Å²) in [5, 5.41) is 0. The van der Waals surface area contributed by atoms with Crippen molar-refractivity contribution in [2.75, 3.05) is 26.3 Å². The molecule has 1 saturated heterocycles. The number of morpholine rings is 1. The third-order valence-electron chi connectivity index (χ3n) is 3.85. The highest BCUT2D eigenvalue weighted by Gasteiger charge is 2.32. The molecule has 1 amide bonds. The van der Waals surface area contributed by atoms with Crippen molar-refractivity contribution in [1.29, 1.82) is 0 Å². The lowest BCUT2D eigenvalue weighted by Crippen LogP contribution is -2.41. The van der Waals surface area contributed by atoms with Crippen molar-refractivity contribution in [3.63, 3.8) is 0 Å². The van der Waals surface area contributed by atoms with Crippen molar-refractivity contribution >= 4 is 11.6 Å². The maximum absolute atomic E-state index is 12.9. The molecular formula is C15H16F3N3O2. The summed E-state index contributed by atoms with van der Waals surface area (Å²) in [6.45, 7) is 3.53. The van der Waals surface area contributed by atoms with Gasteiger partial charge in [-0.3, -0.25) is 9.20 Å². The van der Waals surface area contributed by atoms with Crippen LogP contribution in [0.4, 0.5) is 13.2 Å². The summed E-state index contributed by atoms with van der Waals surface area (Å²) in [5.74, 6) is -0.308. The monoisotopic (exact) mass is 327 g/mol. The van der Waals surface area contributed by atoms with Crippen LogP contribution in [-0.4, -0.2) is 46.5 Å². The average molecular weight is 327 g/mol. The molecule has 2 aromatic heterocycles. The van der Waals surface area contributed by atoms with Crippen LogP contribution < -0.4 is 0 Å². The molecule has 2 aromatic rings. The molecule has 0 saturated carbocycles. The molecule has 8 heteroatoms. The van der Waals surface area contributed by atoms with Crippen LogP contribution in [0.15, 0.2) is 18.3 Å². The zero-order chi connectivity index (χ0) is 16.6. The van der Waals surface area contributed by atoms with Gasteiger partial charge in [-0.1, -0.05) is 6.92 Å². The van der Waals surface area contributed by atoms with Gasteiger partial charge in [0.2, 0.25) is 0 Å². The molecule has 23 heavy (non-hydrogen) atoms. The molecule has 0 atom stereocenters. The van der Waals surface area contributed by atoms with Crippen molar-refractivity contribution < 1.29 is 22.7 Å². The fourth-order valence-electron chi connectivity index (χ4n) is 2.65. The molecule has 0 unspecified atom stereocenters. The summed E-state index contributed by atoms with van der Waals surface area (Å²) >= 11 is 0. The number of carbonyl (C=O) groups excluding carboxylic acids is 1. The van der Waals surface area contributed by atoms with E-state index in [1.165, 1.54) is 10.5 Å². The molecule has 0 radical (unpaired) electrons. The summed E-state index contributed by atoms with van der Waals surface area (Å²) in [7, 11) is 0. The number of imidazole rings is 1. The number of rotatable bonds is 2. The molecule has 0 bridgehead atoms. The van der Waals surface area contributed by atoms with Crippen LogP contribution in [-0.2, 0) is 17.3 Å². The van der Waals surface area contributed by atoms with Crippen molar-refractivity contribution in [3.8, 4) is 0 Å². The SMILES string of the molecule is CCc1nc2ccc(C(F)(F)F)cn2c1C(=O)N1CCOCC1. The first-order chi connectivity index (χ1) is 10.9. The number of halogens is 3. The predicted molar refractivity (Wildman–Crippen MR) is 76.3 cm³/mol. The van der Waals surface area contributed by atoms with Crippen molar-refractivity contribution in [2.45, 2.75) is 19.5 Å². The van der Waals surface area contributed by atoms with E-state index in [2.05, 4.69) is 4.98 Å². The van der Waals surface area contributed by atoms with E-state index in [0.717, 1.165) is 12.3 Å². The first kappa shape index (κ1) is 15.8. The van der Waals surface area contributed by atoms with Gasteiger partial charge in [-0.2, -0.15) is 13.2 Å². The Kier molecular flexibility index (Phi) is 4.01. The maximum Gasteiger partial charge on any atom is 0.417 e. The van der Waals surface area contributed by atoms with Crippen LogP contribution in [0.2, 0.25) is 0 Å². The van der Waals surface area contributed by atoms with Crippen molar-refractivity contribution in [1.82, 2.24) is 14.3 Å². The molecular weight excluding hydrogens is 311 g/mol. The fourth-order valence-corrected chi connectivity index (χ4v) is 2.65. The average Bonchev–Trinajstić information content (AvgIpc) is 2.91. The van der Waals surface area contributed by atoms with Gasteiger partial charge in [-0.15, -0.1) is 0 Å². The van der Waals surface area contributed by atoms with Gasteiger partial charge in [-0.25, -0.2) is 4.98 Å². The quantitative estimate of drug-likeness (QED) is 0.851. The molecule has 0 spiro atoms. The van der Waals surface area contributed by atoms with E-state index < -0.39 is 11.7 Å². The molecule has 3 heterocycles. The van der Waals surface area contributed by atoms with Crippen LogP contribution in [0.5, 0.6) is 0 Å². The molecule has 5 nitrogen and oxygen atoms in total. The second-order valence-electron chi connectivity index (χ2n) is 5.31. The minimum atomic E-state index is -4.47. The third kappa shape index (κ3) is 2.90. The molecule has 0 aliphatic carbocycles. The molecule has 1 fully saturated rings. The number of aryl methyl sites for hydroxylation is 1. The zero-order valence-electron chi connectivity index (χ0n) is 12.6. The highest BCUT2D eigenvalue weighted by atomic mass is 19.4. The number of carbonyl (C=O) groups is 1. The second kappa shape index (κ2) is 5.84. The van der Waals surface area contributed by atoms with E-state index in [0.29, 0.717) is 44.1 Å². The van der Waals surface area contributed by atoms with Crippen LogP contribution >= 0.6 is 0 Å². The Labute approximate surface area is 130 Å². The maximum atomic E-state index is 12.9. The van der Waals surface area contributed by atoms with Gasteiger partial charge in [0.1, 0.15) is 11.3 Å². The van der Waals surface area contributed by atoms with E-state index in [-0.39, 0.29) is 11.6 Å². The number of amides is 1. The summed E-state index contributed by atoms with van der Waals surface area (Å²) in [4.78, 5) is 18.6. The minimum absolute atomic E-state index is 0.204. The Morgan fingerprint density at radius 1 is 1.30 bits per heavy atom. The summed E-state index contributed by atoms with van der Waals surface area (Å²) in [5.41, 5.74) is 0.240. The fraction of sp³-hybridized carbons (Fsp3) is 0.467. The Balaban J connectivity index is 2.10. The highest BCUT2D eigenvalue weighted by molar-refractivity contribution is 5.94. The van der Waals surface area contributed by atoms with Crippen LogP contribution in [0.25, 0.3) is 5.65 Å². The highest BCUT2D eigenvalue weighted by Crippen LogP contribution is 2.30. The van der Waals surface area contributed by atoms with Gasteiger partial charge >= 0.3 is 6.18 Å². The van der Waals surface area contributed by atoms with Crippen LogP contribution in [0.1, 0.15) is 28.7 Å². The Morgan fingerprint density at radius 2 is 2.00 bits per heavy atom. The van der Waals surface area contributed by atoms with Crippen LogP contribution in [0, 0.1) is 0 Å². The third-order valence-corrected chi connectivity index (χ3v) is 3.85. The van der Waals surface area contributed by atoms with Crippen molar-refractivity contribution in [2.24, 2.45) is 0 Å². The lowest BCUT2D eigenvalue weighted by atomic mass is 10.2. The Hall–Kier alpha value is -2.09. The topological polar surface area (TPSA) is 46.8 Å². The molecule has 0 N–H and O–H groups in total. The summed E-state index contributed by atoms with van der Waals surface area (Å²) in [6, 6.07) is 2.27. The Morgan fingerprint density at radius 3 is 2.61 bits per heavy atom. The summed E-state index contributed by atoms with van der Waals surface area (Å²) < 4.78 is 45.3. The van der Waals surface area contributed by atoms with Gasteiger partial charge in [0.25, 0.3) is 5.91 Å². The number of pyridine rings is 1. The van der Waals surface area contributed by atoms with Gasteiger partial charge < -0.3 is 9.64 Å². The predicted octanol–water partition coefficient (Wildman–Crippen LogP) is 2.39. The number of aromatic nitrogens is 2. The number of hydrogen-bond donors (Lipinski definition) is 0. The lowest BCUT2D eigenvalue weighted by Gasteiger charge is -2.27. The van der Waals surface area contributed by atoms with Gasteiger partial charge in [0.05, 0.1) is 24.5 Å². The number of nitrogens with zero attached hydrogens (tertiary/aromatic N) is 3. The van der Waals surface area contributed by atoms with Gasteiger partial charge in [-0.05, 0) is 18.6 Å². The first-order valence-corrected chi connectivity index (χ1v) is 7.37. The van der Waals surface area contributed by atoms with Crippen LogP contribution in [0.3, 0.4) is 0 Å². The lowest BCUT2D eigenvalue weighted by molar-refractivity contribution is -0.137. The second-order valence-corrected chi connectivity index (χ2v) is 5.31. The molecule has 3 rings (SSSR count).